The molecule has 0 radical (unpaired) electrons. The molecule has 6 aromatic carbocycles. The Kier molecular flexibility index (Phi) is 12.3. The molecule has 6 nitrogen and oxygen atoms in total. The monoisotopic (exact) mass is 872 g/mol. The zero-order valence-corrected chi connectivity index (χ0v) is 34.9. The molecule has 6 aromatic rings. The Labute approximate surface area is 347 Å². The van der Waals surface area contributed by atoms with Crippen LogP contribution in [-0.2, 0) is 18.9 Å². The molecule has 8 rings (SSSR count). The Bertz CT molecular complexity index is 2000. The van der Waals surface area contributed by atoms with Crippen LogP contribution in [0, 0.1) is 11.8 Å². The first-order chi connectivity index (χ1) is 27.4. The van der Waals surface area contributed by atoms with Gasteiger partial charge in [-0.3, -0.25) is 0 Å². The van der Waals surface area contributed by atoms with E-state index in [-0.39, 0.29) is 12.2 Å². The van der Waals surface area contributed by atoms with E-state index in [4.69, 9.17) is 18.9 Å². The van der Waals surface area contributed by atoms with Gasteiger partial charge in [-0.15, -0.1) is 0 Å². The lowest BCUT2D eigenvalue weighted by molar-refractivity contribution is -0.0852. The first-order valence-electron chi connectivity index (χ1n) is 19.3. The number of ether oxygens (including phenoxy) is 4. The van der Waals surface area contributed by atoms with Crippen molar-refractivity contribution in [1.29, 1.82) is 0 Å². The maximum atomic E-state index is 6.16. The van der Waals surface area contributed by atoms with Crippen molar-refractivity contribution < 1.29 is 18.9 Å². The molecule has 2 aliphatic heterocycles. The van der Waals surface area contributed by atoms with Crippen LogP contribution in [0.1, 0.15) is 37.2 Å². The molecule has 2 heterocycles. The van der Waals surface area contributed by atoms with Crippen molar-refractivity contribution >= 4 is 66.0 Å². The fraction of sp³-hybridized carbons (Fsp3) is 0.250. The third-order valence-electron chi connectivity index (χ3n) is 10.6. The van der Waals surface area contributed by atoms with Gasteiger partial charge in [-0.1, -0.05) is 80.4 Å². The topological polar surface area (TPSA) is 43.4 Å². The van der Waals surface area contributed by atoms with Crippen LogP contribution in [0.2, 0.25) is 0 Å². The van der Waals surface area contributed by atoms with Crippen molar-refractivity contribution in [3.8, 4) is 11.1 Å². The van der Waals surface area contributed by atoms with Gasteiger partial charge in [-0.05, 0) is 133 Å². The van der Waals surface area contributed by atoms with Crippen LogP contribution in [0.15, 0.2) is 155 Å². The summed E-state index contributed by atoms with van der Waals surface area (Å²) in [5.74, 6) is 1.02. The number of halogens is 2. The van der Waals surface area contributed by atoms with Gasteiger partial charge >= 0.3 is 0 Å². The molecule has 2 aliphatic rings. The molecule has 286 valence electrons. The van der Waals surface area contributed by atoms with Crippen molar-refractivity contribution in [2.24, 2.45) is 11.8 Å². The Morgan fingerprint density at radius 1 is 0.446 bits per heavy atom. The van der Waals surface area contributed by atoms with Gasteiger partial charge in [0.15, 0.2) is 0 Å². The highest BCUT2D eigenvalue weighted by molar-refractivity contribution is 9.10. The van der Waals surface area contributed by atoms with Gasteiger partial charge in [-0.2, -0.15) is 0 Å². The normalized spacial score (nSPS) is 15.4. The van der Waals surface area contributed by atoms with Gasteiger partial charge in [0.05, 0.1) is 51.8 Å². The van der Waals surface area contributed by atoms with Gasteiger partial charge in [-0.25, -0.2) is 0 Å². The van der Waals surface area contributed by atoms with Gasteiger partial charge in [0.25, 0.3) is 0 Å². The number of benzene rings is 6. The summed E-state index contributed by atoms with van der Waals surface area (Å²) < 4.78 is 25.0. The maximum Gasteiger partial charge on any atom is 0.0797 e. The SMILES string of the molecule is CC(OCC1COC1)c1ccc(N(c2ccc(Br)cc2)c2ccc(-c3ccc(N(c4ccc(Br)cc4)c4ccc(C(C)OCC5COC5)cc4)cc3)cc2)cc1. The molecule has 8 heteroatoms. The molecule has 0 saturated carbocycles. The summed E-state index contributed by atoms with van der Waals surface area (Å²) in [6.07, 6.45) is 0.0378. The summed E-state index contributed by atoms with van der Waals surface area (Å²) in [4.78, 5) is 4.58. The zero-order chi connectivity index (χ0) is 38.4. The molecular weight excluding hydrogens is 828 g/mol. The molecule has 56 heavy (non-hydrogen) atoms. The number of hydrogen-bond donors (Lipinski definition) is 0. The zero-order valence-electron chi connectivity index (χ0n) is 31.7. The fourth-order valence-electron chi connectivity index (χ4n) is 6.98. The van der Waals surface area contributed by atoms with Crippen molar-refractivity contribution in [1.82, 2.24) is 0 Å². The van der Waals surface area contributed by atoms with Crippen molar-refractivity contribution in [2.75, 3.05) is 49.4 Å². The average molecular weight is 875 g/mol. The van der Waals surface area contributed by atoms with Crippen molar-refractivity contribution in [3.63, 3.8) is 0 Å². The Morgan fingerprint density at radius 3 is 0.982 bits per heavy atom. The lowest BCUT2D eigenvalue weighted by Gasteiger charge is -2.28. The predicted molar refractivity (Wildman–Crippen MR) is 234 cm³/mol. The number of nitrogens with zero attached hydrogens (tertiary/aromatic N) is 2. The Hall–Kier alpha value is -4.28. The van der Waals surface area contributed by atoms with E-state index in [1.807, 2.05) is 0 Å². The lowest BCUT2D eigenvalue weighted by Crippen LogP contribution is -2.31. The maximum absolute atomic E-state index is 6.16. The first kappa shape index (κ1) is 38.6. The highest BCUT2D eigenvalue weighted by Crippen LogP contribution is 2.39. The van der Waals surface area contributed by atoms with Crippen LogP contribution in [-0.4, -0.2) is 39.6 Å². The van der Waals surface area contributed by atoms with Gasteiger partial charge in [0.1, 0.15) is 0 Å². The quantitative estimate of drug-likeness (QED) is 0.102. The largest absolute Gasteiger partial charge is 0.381 e. The lowest BCUT2D eigenvalue weighted by atomic mass is 10.0. The third kappa shape index (κ3) is 9.13. The standard InChI is InChI=1S/C48H46Br2N2O4/c1-33(55-31-35-27-53-28-35)37-3-15-43(16-4-37)51(47-23-11-41(49)12-24-47)45-19-7-39(8-20-45)40-9-21-46(22-10-40)52(48-25-13-42(50)14-26-48)44-17-5-38(6-18-44)34(2)56-32-36-29-54-30-36/h3-26,33-36H,27-32H2,1-2H3. The van der Waals surface area contributed by atoms with Crippen LogP contribution in [0.3, 0.4) is 0 Å². The van der Waals surface area contributed by atoms with E-state index in [0.29, 0.717) is 11.8 Å². The van der Waals surface area contributed by atoms with E-state index in [0.717, 1.165) is 105 Å². The van der Waals surface area contributed by atoms with Crippen LogP contribution in [0.5, 0.6) is 0 Å². The van der Waals surface area contributed by atoms with Crippen LogP contribution >= 0.6 is 31.9 Å². The van der Waals surface area contributed by atoms with E-state index in [2.05, 4.69) is 201 Å². The minimum absolute atomic E-state index is 0.0189. The summed E-state index contributed by atoms with van der Waals surface area (Å²) in [5, 5.41) is 0. The van der Waals surface area contributed by atoms with Crippen LogP contribution in [0.4, 0.5) is 34.1 Å². The second kappa shape index (κ2) is 17.9. The minimum atomic E-state index is 0.0189. The van der Waals surface area contributed by atoms with E-state index in [1.165, 1.54) is 0 Å². The Balaban J connectivity index is 1.02. The molecule has 2 fully saturated rings. The molecule has 0 aliphatic carbocycles. The number of hydrogen-bond acceptors (Lipinski definition) is 6. The molecule has 2 unspecified atom stereocenters. The summed E-state index contributed by atoms with van der Waals surface area (Å²) >= 11 is 7.23. The van der Waals surface area contributed by atoms with E-state index < -0.39 is 0 Å². The summed E-state index contributed by atoms with van der Waals surface area (Å²) in [6, 6.07) is 51.9. The Morgan fingerprint density at radius 2 is 0.714 bits per heavy atom. The molecular formula is C48H46Br2N2O4. The smallest absolute Gasteiger partial charge is 0.0797 e. The molecule has 2 atom stereocenters. The second-order valence-corrected chi connectivity index (χ2v) is 16.5. The number of rotatable bonds is 15. The molecule has 0 aromatic heterocycles. The van der Waals surface area contributed by atoms with Gasteiger partial charge < -0.3 is 28.7 Å². The van der Waals surface area contributed by atoms with Crippen LogP contribution < -0.4 is 9.80 Å². The highest BCUT2D eigenvalue weighted by atomic mass is 79.9. The average Bonchev–Trinajstić information content (AvgIpc) is 3.19. The molecule has 0 N–H and O–H groups in total. The van der Waals surface area contributed by atoms with Gasteiger partial charge in [0.2, 0.25) is 0 Å². The summed E-state index contributed by atoms with van der Waals surface area (Å²) in [6.45, 7) is 8.89. The molecule has 0 bridgehead atoms. The predicted octanol–water partition coefficient (Wildman–Crippen LogP) is 13.3. The van der Waals surface area contributed by atoms with Crippen LogP contribution in [0.25, 0.3) is 11.1 Å². The van der Waals surface area contributed by atoms with Crippen molar-refractivity contribution in [2.45, 2.75) is 26.1 Å². The second-order valence-electron chi connectivity index (χ2n) is 14.7. The fourth-order valence-corrected chi connectivity index (χ4v) is 7.51. The molecule has 2 saturated heterocycles. The molecule has 0 amide bonds. The van der Waals surface area contributed by atoms with E-state index in [9.17, 15) is 0 Å². The summed E-state index contributed by atoms with van der Waals surface area (Å²) in [7, 11) is 0. The number of anilines is 6. The van der Waals surface area contributed by atoms with Crippen molar-refractivity contribution in [3.05, 3.63) is 166 Å². The minimum Gasteiger partial charge on any atom is -0.381 e. The van der Waals surface area contributed by atoms with E-state index in [1.54, 1.807) is 0 Å². The molecule has 0 spiro atoms. The van der Waals surface area contributed by atoms with Gasteiger partial charge in [0, 0.05) is 54.9 Å². The third-order valence-corrected chi connectivity index (χ3v) is 11.6. The first-order valence-corrected chi connectivity index (χ1v) is 20.9. The summed E-state index contributed by atoms with van der Waals surface area (Å²) in [5.41, 5.74) is 11.1. The highest BCUT2D eigenvalue weighted by Gasteiger charge is 2.22. The van der Waals surface area contributed by atoms with E-state index >= 15 is 0 Å².